The lowest BCUT2D eigenvalue weighted by Crippen LogP contribution is -1.93. The Kier molecular flexibility index (Phi) is 2.05. The van der Waals surface area contributed by atoms with Gasteiger partial charge in [-0.25, -0.2) is 0 Å². The number of carbonyl (C=O) groups excluding carboxylic acids is 1. The summed E-state index contributed by atoms with van der Waals surface area (Å²) in [6, 6.07) is 0. The first-order valence-corrected chi connectivity index (χ1v) is 3.63. The van der Waals surface area contributed by atoms with Crippen LogP contribution in [0.3, 0.4) is 0 Å². The predicted octanol–water partition coefficient (Wildman–Crippen LogP) is 2.24. The largest absolute Gasteiger partial charge is 0.295 e. The van der Waals surface area contributed by atoms with Gasteiger partial charge in [-0.15, -0.1) is 0 Å². The van der Waals surface area contributed by atoms with Crippen molar-refractivity contribution in [1.29, 1.82) is 0 Å². The molecular weight excluding hydrogens is 124 g/mol. The molecule has 54 valence electrons. The van der Waals surface area contributed by atoms with E-state index in [-0.39, 0.29) is 5.78 Å². The minimum Gasteiger partial charge on any atom is -0.295 e. The van der Waals surface area contributed by atoms with Crippen LogP contribution in [0.1, 0.15) is 26.7 Å². The van der Waals surface area contributed by atoms with Crippen LogP contribution in [0.2, 0.25) is 0 Å². The van der Waals surface area contributed by atoms with Crippen LogP contribution in [-0.4, -0.2) is 5.78 Å². The molecule has 0 aromatic carbocycles. The zero-order valence-electron chi connectivity index (χ0n) is 6.48. The molecule has 0 unspecified atom stereocenters. The van der Waals surface area contributed by atoms with Crippen LogP contribution in [0.15, 0.2) is 23.3 Å². The van der Waals surface area contributed by atoms with Gasteiger partial charge in [0.05, 0.1) is 0 Å². The molecule has 1 aliphatic carbocycles. The summed E-state index contributed by atoms with van der Waals surface area (Å²) in [6.45, 7) is 3.74. The summed E-state index contributed by atoms with van der Waals surface area (Å²) in [5.41, 5.74) is 2.32. The quantitative estimate of drug-likeness (QED) is 0.569. The molecule has 0 spiro atoms. The van der Waals surface area contributed by atoms with E-state index in [1.54, 1.807) is 6.92 Å². The Balaban J connectivity index is 2.56. The molecule has 0 amide bonds. The normalized spacial score (nSPS) is 16.6. The van der Waals surface area contributed by atoms with Crippen molar-refractivity contribution < 1.29 is 4.79 Å². The van der Waals surface area contributed by atoms with Gasteiger partial charge in [0.25, 0.3) is 0 Å². The maximum absolute atomic E-state index is 10.8. The predicted molar refractivity (Wildman–Crippen MR) is 41.8 cm³/mol. The van der Waals surface area contributed by atoms with E-state index in [9.17, 15) is 4.79 Å². The molecule has 0 bridgehead atoms. The van der Waals surface area contributed by atoms with E-state index in [4.69, 9.17) is 0 Å². The van der Waals surface area contributed by atoms with Crippen LogP contribution in [-0.2, 0) is 4.79 Å². The molecule has 1 rings (SSSR count). The molecule has 0 heterocycles. The molecule has 0 saturated heterocycles. The summed E-state index contributed by atoms with van der Waals surface area (Å²) in [5.74, 6) is 0.208. The van der Waals surface area contributed by atoms with Crippen molar-refractivity contribution >= 4 is 5.78 Å². The second kappa shape index (κ2) is 2.82. The molecule has 1 heteroatoms. The second-order valence-electron chi connectivity index (χ2n) is 2.60. The van der Waals surface area contributed by atoms with Crippen LogP contribution < -0.4 is 0 Å². The average molecular weight is 136 g/mol. The average Bonchev–Trinajstić information content (AvgIpc) is 2.34. The van der Waals surface area contributed by atoms with E-state index in [2.05, 4.69) is 13.0 Å². The zero-order valence-corrected chi connectivity index (χ0v) is 6.48. The zero-order chi connectivity index (χ0) is 7.56. The maximum atomic E-state index is 10.8. The molecule has 0 N–H and O–H groups in total. The Hall–Kier alpha value is -0.850. The lowest BCUT2D eigenvalue weighted by atomic mass is 10.1. The van der Waals surface area contributed by atoms with Gasteiger partial charge < -0.3 is 0 Å². The van der Waals surface area contributed by atoms with Crippen molar-refractivity contribution in [2.24, 2.45) is 0 Å². The second-order valence-corrected chi connectivity index (χ2v) is 2.60. The molecule has 10 heavy (non-hydrogen) atoms. The standard InChI is InChI=1S/C9H12O/c1-3-8-4-5-9(6-8)7(2)10/h4-5H,3,6H2,1-2H3. The van der Waals surface area contributed by atoms with Crippen molar-refractivity contribution in [2.45, 2.75) is 26.7 Å². The van der Waals surface area contributed by atoms with Gasteiger partial charge in [0.1, 0.15) is 0 Å². The monoisotopic (exact) mass is 136 g/mol. The van der Waals surface area contributed by atoms with Crippen molar-refractivity contribution in [3.05, 3.63) is 23.3 Å². The fourth-order valence-electron chi connectivity index (χ4n) is 1.07. The third-order valence-corrected chi connectivity index (χ3v) is 1.84. The van der Waals surface area contributed by atoms with Crippen LogP contribution in [0.25, 0.3) is 0 Å². The molecule has 0 aromatic rings. The van der Waals surface area contributed by atoms with Crippen LogP contribution >= 0.6 is 0 Å². The summed E-state index contributed by atoms with van der Waals surface area (Å²) >= 11 is 0. The SMILES string of the molecule is CCC1=CC=C(C(C)=O)C1. The molecule has 1 nitrogen and oxygen atoms in total. The molecular formula is C9H12O. The summed E-state index contributed by atoms with van der Waals surface area (Å²) in [7, 11) is 0. The minimum atomic E-state index is 0.208. The molecule has 0 fully saturated rings. The third-order valence-electron chi connectivity index (χ3n) is 1.84. The number of carbonyl (C=O) groups is 1. The van der Waals surface area contributed by atoms with Gasteiger partial charge in [0, 0.05) is 0 Å². The van der Waals surface area contributed by atoms with E-state index in [1.165, 1.54) is 5.57 Å². The molecule has 0 aromatic heterocycles. The number of hydrogen-bond acceptors (Lipinski definition) is 1. The van der Waals surface area contributed by atoms with Gasteiger partial charge in [-0.2, -0.15) is 0 Å². The van der Waals surface area contributed by atoms with E-state index in [1.807, 2.05) is 6.08 Å². The molecule has 0 atom stereocenters. The van der Waals surface area contributed by atoms with Gasteiger partial charge in [-0.1, -0.05) is 24.6 Å². The Morgan fingerprint density at radius 3 is 2.60 bits per heavy atom. The molecule has 1 aliphatic rings. The third kappa shape index (κ3) is 1.35. The summed E-state index contributed by atoms with van der Waals surface area (Å²) in [4.78, 5) is 10.8. The van der Waals surface area contributed by atoms with Gasteiger partial charge in [-0.3, -0.25) is 4.79 Å². The fourth-order valence-corrected chi connectivity index (χ4v) is 1.07. The smallest absolute Gasteiger partial charge is 0.156 e. The maximum Gasteiger partial charge on any atom is 0.156 e. The van der Waals surface area contributed by atoms with Crippen molar-refractivity contribution in [1.82, 2.24) is 0 Å². The first kappa shape index (κ1) is 7.26. The van der Waals surface area contributed by atoms with E-state index in [0.717, 1.165) is 18.4 Å². The van der Waals surface area contributed by atoms with E-state index < -0.39 is 0 Å². The summed E-state index contributed by atoms with van der Waals surface area (Å²) in [5, 5.41) is 0. The van der Waals surface area contributed by atoms with Crippen LogP contribution in [0.5, 0.6) is 0 Å². The fraction of sp³-hybridized carbons (Fsp3) is 0.444. The summed E-state index contributed by atoms with van der Waals surface area (Å²) in [6.07, 6.45) is 5.93. The molecule has 0 radical (unpaired) electrons. The minimum absolute atomic E-state index is 0.208. The highest BCUT2D eigenvalue weighted by atomic mass is 16.1. The van der Waals surface area contributed by atoms with E-state index >= 15 is 0 Å². The Morgan fingerprint density at radius 1 is 1.60 bits per heavy atom. The molecule has 0 aliphatic heterocycles. The number of ketones is 1. The lowest BCUT2D eigenvalue weighted by Gasteiger charge is -1.96. The highest BCUT2D eigenvalue weighted by molar-refractivity contribution is 5.94. The summed E-state index contributed by atoms with van der Waals surface area (Å²) < 4.78 is 0. The highest BCUT2D eigenvalue weighted by Crippen LogP contribution is 2.21. The van der Waals surface area contributed by atoms with Gasteiger partial charge in [-0.05, 0) is 25.3 Å². The lowest BCUT2D eigenvalue weighted by molar-refractivity contribution is -0.113. The van der Waals surface area contributed by atoms with Crippen LogP contribution in [0, 0.1) is 0 Å². The van der Waals surface area contributed by atoms with Gasteiger partial charge in [0.15, 0.2) is 5.78 Å². The Morgan fingerprint density at radius 2 is 2.30 bits per heavy atom. The van der Waals surface area contributed by atoms with Crippen molar-refractivity contribution in [3.8, 4) is 0 Å². The highest BCUT2D eigenvalue weighted by Gasteiger charge is 2.09. The number of hydrogen-bond donors (Lipinski definition) is 0. The van der Waals surface area contributed by atoms with Crippen LogP contribution in [0.4, 0.5) is 0 Å². The first-order valence-electron chi connectivity index (χ1n) is 3.63. The number of allylic oxidation sites excluding steroid dienone is 4. The van der Waals surface area contributed by atoms with Crippen molar-refractivity contribution in [2.75, 3.05) is 0 Å². The molecule has 0 saturated carbocycles. The Labute approximate surface area is 61.4 Å². The number of Topliss-reactive ketones (excluding diaryl/α,β-unsaturated/α-hetero) is 1. The Bertz CT molecular complexity index is 209. The van der Waals surface area contributed by atoms with Gasteiger partial charge in [0.2, 0.25) is 0 Å². The van der Waals surface area contributed by atoms with Crippen molar-refractivity contribution in [3.63, 3.8) is 0 Å². The number of rotatable bonds is 2. The topological polar surface area (TPSA) is 17.1 Å². The van der Waals surface area contributed by atoms with E-state index in [0.29, 0.717) is 0 Å². The first-order chi connectivity index (χ1) is 4.74. The van der Waals surface area contributed by atoms with Gasteiger partial charge >= 0.3 is 0 Å².